The lowest BCUT2D eigenvalue weighted by molar-refractivity contribution is 0.560. The topological polar surface area (TPSA) is 72.0 Å². The molecular formula is C8H15N3O2S2. The van der Waals surface area contributed by atoms with Gasteiger partial charge in [-0.1, -0.05) is 0 Å². The van der Waals surface area contributed by atoms with Crippen molar-refractivity contribution in [1.29, 1.82) is 0 Å². The van der Waals surface area contributed by atoms with Crippen LogP contribution in [0.5, 0.6) is 0 Å². The van der Waals surface area contributed by atoms with Crippen LogP contribution in [0.4, 0.5) is 5.13 Å². The van der Waals surface area contributed by atoms with Gasteiger partial charge in [0.05, 0.1) is 4.75 Å². The molecule has 5 nitrogen and oxygen atoms in total. The number of hydrogen-bond acceptors (Lipinski definition) is 6. The van der Waals surface area contributed by atoms with Gasteiger partial charge < -0.3 is 5.32 Å². The van der Waals surface area contributed by atoms with Crippen LogP contribution in [0.2, 0.25) is 0 Å². The predicted octanol–water partition coefficient (Wildman–Crippen LogP) is 1.08. The molecule has 1 heterocycles. The second-order valence-electron chi connectivity index (χ2n) is 4.03. The zero-order valence-electron chi connectivity index (χ0n) is 9.23. The average Bonchev–Trinajstić information content (AvgIpc) is 2.46. The number of sulfone groups is 1. The smallest absolute Gasteiger partial charge is 0.202 e. The van der Waals surface area contributed by atoms with E-state index in [1.165, 1.54) is 17.8 Å². The lowest BCUT2D eigenvalue weighted by atomic mass is 10.2. The van der Waals surface area contributed by atoms with Crippen molar-refractivity contribution in [2.75, 3.05) is 18.1 Å². The van der Waals surface area contributed by atoms with E-state index in [9.17, 15) is 8.42 Å². The lowest BCUT2D eigenvalue weighted by Crippen LogP contribution is -2.38. The molecule has 0 spiro atoms. The van der Waals surface area contributed by atoms with E-state index in [1.54, 1.807) is 20.8 Å². The summed E-state index contributed by atoms with van der Waals surface area (Å²) < 4.78 is 26.0. The summed E-state index contributed by atoms with van der Waals surface area (Å²) in [6.07, 6.45) is 1.24. The minimum atomic E-state index is -3.07. The molecule has 0 fully saturated rings. The van der Waals surface area contributed by atoms with Crippen LogP contribution in [0.1, 0.15) is 19.7 Å². The van der Waals surface area contributed by atoms with E-state index in [2.05, 4.69) is 14.7 Å². The van der Waals surface area contributed by atoms with Gasteiger partial charge in [0, 0.05) is 24.3 Å². The van der Waals surface area contributed by atoms with Crippen molar-refractivity contribution in [2.24, 2.45) is 0 Å². The molecule has 0 aliphatic carbocycles. The van der Waals surface area contributed by atoms with E-state index in [0.717, 1.165) is 0 Å². The van der Waals surface area contributed by atoms with Gasteiger partial charge in [0.15, 0.2) is 9.84 Å². The van der Waals surface area contributed by atoms with Crippen molar-refractivity contribution >= 4 is 26.5 Å². The number of nitrogens with zero attached hydrogens (tertiary/aromatic N) is 2. The van der Waals surface area contributed by atoms with Gasteiger partial charge in [0.25, 0.3) is 0 Å². The lowest BCUT2D eigenvalue weighted by Gasteiger charge is -2.22. The highest BCUT2D eigenvalue weighted by atomic mass is 32.2. The summed E-state index contributed by atoms with van der Waals surface area (Å²) in [6, 6.07) is 0. The van der Waals surface area contributed by atoms with Gasteiger partial charge >= 0.3 is 0 Å². The van der Waals surface area contributed by atoms with Gasteiger partial charge in [0.1, 0.15) is 5.82 Å². The SMILES string of the molecule is Cc1nsc(NCC(C)(C)S(C)(=O)=O)n1. The van der Waals surface area contributed by atoms with Crippen molar-refractivity contribution < 1.29 is 8.42 Å². The van der Waals surface area contributed by atoms with Crippen LogP contribution in [0.15, 0.2) is 0 Å². The third-order valence-corrected chi connectivity index (χ3v) is 5.11. The van der Waals surface area contributed by atoms with Crippen LogP contribution >= 0.6 is 11.5 Å². The zero-order chi connectivity index (χ0) is 11.7. The predicted molar refractivity (Wildman–Crippen MR) is 62.1 cm³/mol. The molecule has 1 N–H and O–H groups in total. The van der Waals surface area contributed by atoms with Crippen LogP contribution in [0.25, 0.3) is 0 Å². The minimum Gasteiger partial charge on any atom is -0.359 e. The van der Waals surface area contributed by atoms with Gasteiger partial charge in [0.2, 0.25) is 5.13 Å². The zero-order valence-corrected chi connectivity index (χ0v) is 10.9. The van der Waals surface area contributed by atoms with E-state index in [4.69, 9.17) is 0 Å². The Kier molecular flexibility index (Phi) is 3.34. The second kappa shape index (κ2) is 4.05. The van der Waals surface area contributed by atoms with Crippen LogP contribution < -0.4 is 5.32 Å². The van der Waals surface area contributed by atoms with E-state index in [0.29, 0.717) is 17.5 Å². The number of hydrogen-bond donors (Lipinski definition) is 1. The van der Waals surface area contributed by atoms with Crippen molar-refractivity contribution in [3.05, 3.63) is 5.82 Å². The Balaban J connectivity index is 2.65. The maximum atomic E-state index is 11.4. The first-order chi connectivity index (χ1) is 6.72. The van der Waals surface area contributed by atoms with Crippen molar-refractivity contribution in [1.82, 2.24) is 9.36 Å². The molecule has 0 atom stereocenters. The summed E-state index contributed by atoms with van der Waals surface area (Å²) >= 11 is 1.23. The standard InChI is InChI=1S/C8H15N3O2S2/c1-6-10-7(14-11-6)9-5-8(2,3)15(4,12)13/h5H2,1-4H3,(H,9,10,11). The van der Waals surface area contributed by atoms with Gasteiger partial charge in [-0.15, -0.1) is 0 Å². The molecule has 0 radical (unpaired) electrons. The highest BCUT2D eigenvalue weighted by Gasteiger charge is 2.30. The Morgan fingerprint density at radius 3 is 2.47 bits per heavy atom. The average molecular weight is 249 g/mol. The molecule has 0 unspecified atom stereocenters. The molecule has 15 heavy (non-hydrogen) atoms. The Hall–Kier alpha value is -0.690. The van der Waals surface area contributed by atoms with Gasteiger partial charge in [-0.2, -0.15) is 4.37 Å². The van der Waals surface area contributed by atoms with E-state index >= 15 is 0 Å². The van der Waals surface area contributed by atoms with E-state index in [-0.39, 0.29) is 0 Å². The van der Waals surface area contributed by atoms with Gasteiger partial charge in [-0.05, 0) is 20.8 Å². The molecule has 0 saturated carbocycles. The summed E-state index contributed by atoms with van der Waals surface area (Å²) in [5.41, 5.74) is 0. The fourth-order valence-corrected chi connectivity index (χ4v) is 1.69. The van der Waals surface area contributed by atoms with Crippen LogP contribution in [0.3, 0.4) is 0 Å². The molecule has 0 saturated heterocycles. The summed E-state index contributed by atoms with van der Waals surface area (Å²) in [6.45, 7) is 5.50. The fraction of sp³-hybridized carbons (Fsp3) is 0.750. The Bertz CT molecular complexity index is 436. The van der Waals surface area contributed by atoms with Crippen molar-refractivity contribution in [3.63, 3.8) is 0 Å². The Morgan fingerprint density at radius 2 is 2.07 bits per heavy atom. The van der Waals surface area contributed by atoms with Crippen LogP contribution in [-0.2, 0) is 9.84 Å². The Morgan fingerprint density at radius 1 is 1.47 bits per heavy atom. The molecular weight excluding hydrogens is 234 g/mol. The summed E-state index contributed by atoms with van der Waals surface area (Å²) in [5, 5.41) is 3.63. The van der Waals surface area contributed by atoms with Gasteiger partial charge in [-0.3, -0.25) is 0 Å². The Labute approximate surface area is 94.0 Å². The molecule has 0 bridgehead atoms. The number of aromatic nitrogens is 2. The molecule has 1 aromatic heterocycles. The first kappa shape index (κ1) is 12.4. The third-order valence-electron chi connectivity index (χ3n) is 2.20. The molecule has 0 aliphatic rings. The van der Waals surface area contributed by atoms with E-state index < -0.39 is 14.6 Å². The summed E-state index contributed by atoms with van der Waals surface area (Å²) in [5.74, 6) is 0.694. The van der Waals surface area contributed by atoms with Crippen LogP contribution in [-0.4, -0.2) is 35.3 Å². The van der Waals surface area contributed by atoms with Gasteiger partial charge in [-0.25, -0.2) is 13.4 Å². The first-order valence-electron chi connectivity index (χ1n) is 4.46. The molecule has 0 aliphatic heterocycles. The molecule has 1 rings (SSSR count). The van der Waals surface area contributed by atoms with Crippen molar-refractivity contribution in [2.45, 2.75) is 25.5 Å². The summed E-state index contributed by atoms with van der Waals surface area (Å²) in [7, 11) is -3.07. The van der Waals surface area contributed by atoms with Crippen molar-refractivity contribution in [3.8, 4) is 0 Å². The highest BCUT2D eigenvalue weighted by molar-refractivity contribution is 7.92. The molecule has 0 aromatic carbocycles. The molecule has 0 amide bonds. The molecule has 1 aromatic rings. The molecule has 86 valence electrons. The number of rotatable bonds is 4. The quantitative estimate of drug-likeness (QED) is 0.864. The number of anilines is 1. The maximum Gasteiger partial charge on any atom is 0.202 e. The summed E-state index contributed by atoms with van der Waals surface area (Å²) in [4.78, 5) is 4.10. The maximum absolute atomic E-state index is 11.4. The molecule has 7 heteroatoms. The third kappa shape index (κ3) is 3.13. The number of aryl methyl sites for hydroxylation is 1. The van der Waals surface area contributed by atoms with E-state index in [1.807, 2.05) is 0 Å². The highest BCUT2D eigenvalue weighted by Crippen LogP contribution is 2.17. The number of nitrogens with one attached hydrogen (secondary N) is 1. The first-order valence-corrected chi connectivity index (χ1v) is 7.13. The second-order valence-corrected chi connectivity index (χ2v) is 7.43. The monoisotopic (exact) mass is 249 g/mol. The fourth-order valence-electron chi connectivity index (χ4n) is 0.788. The van der Waals surface area contributed by atoms with Crippen LogP contribution in [0, 0.1) is 6.92 Å². The largest absolute Gasteiger partial charge is 0.359 e. The normalized spacial score (nSPS) is 12.8. The minimum absolute atomic E-state index is 0.334.